The summed E-state index contributed by atoms with van der Waals surface area (Å²) in [5.74, 6) is 0.0936. The van der Waals surface area contributed by atoms with E-state index in [1.165, 1.54) is 19.3 Å². The standard InChI is InChI=1S/C25H30N4O2/c1-29-21-15-9-8-14-20(21)22(19-12-6-3-7-13-19)27-23(24(29)30)28-25(31)26-17-16-18-10-4-2-5-11-18/h2,4-5,8-11,14-15,19,23H,3,6-7,12-13,16-17H2,1H3,(H2,26,28,31). The monoisotopic (exact) mass is 418 g/mol. The number of rotatable bonds is 5. The molecule has 1 unspecified atom stereocenters. The van der Waals surface area contributed by atoms with Crippen LogP contribution in [0.25, 0.3) is 0 Å². The van der Waals surface area contributed by atoms with E-state index in [9.17, 15) is 9.59 Å². The van der Waals surface area contributed by atoms with Crippen molar-refractivity contribution in [2.75, 3.05) is 18.5 Å². The summed E-state index contributed by atoms with van der Waals surface area (Å²) in [5.41, 5.74) is 3.95. The second-order valence-corrected chi connectivity index (χ2v) is 8.30. The first kappa shape index (κ1) is 21.1. The van der Waals surface area contributed by atoms with Gasteiger partial charge in [-0.1, -0.05) is 67.8 Å². The molecule has 0 spiro atoms. The number of para-hydroxylation sites is 1. The largest absolute Gasteiger partial charge is 0.338 e. The van der Waals surface area contributed by atoms with E-state index < -0.39 is 6.17 Å². The second kappa shape index (κ2) is 9.77. The number of urea groups is 1. The average Bonchev–Trinajstić information content (AvgIpc) is 2.91. The van der Waals surface area contributed by atoms with E-state index in [0.29, 0.717) is 12.5 Å². The summed E-state index contributed by atoms with van der Waals surface area (Å²) in [6.07, 6.45) is 5.54. The number of benzodiazepines with no additional fused rings is 1. The van der Waals surface area contributed by atoms with Gasteiger partial charge in [0.2, 0.25) is 6.17 Å². The molecule has 6 nitrogen and oxygen atoms in total. The van der Waals surface area contributed by atoms with E-state index in [4.69, 9.17) is 4.99 Å². The maximum absolute atomic E-state index is 13.1. The lowest BCUT2D eigenvalue weighted by molar-refractivity contribution is -0.119. The molecule has 2 aliphatic rings. The quantitative estimate of drug-likeness (QED) is 0.773. The molecule has 0 radical (unpaired) electrons. The van der Waals surface area contributed by atoms with Gasteiger partial charge in [0.05, 0.1) is 11.4 Å². The van der Waals surface area contributed by atoms with Crippen LogP contribution in [0.1, 0.15) is 43.2 Å². The van der Waals surface area contributed by atoms with Crippen LogP contribution < -0.4 is 15.5 Å². The van der Waals surface area contributed by atoms with Gasteiger partial charge < -0.3 is 15.5 Å². The Morgan fingerprint density at radius 1 is 1.03 bits per heavy atom. The highest BCUT2D eigenvalue weighted by atomic mass is 16.2. The van der Waals surface area contributed by atoms with Gasteiger partial charge in [0, 0.05) is 25.1 Å². The summed E-state index contributed by atoms with van der Waals surface area (Å²) >= 11 is 0. The predicted octanol–water partition coefficient (Wildman–Crippen LogP) is 3.90. The van der Waals surface area contributed by atoms with Gasteiger partial charge in [-0.3, -0.25) is 9.79 Å². The van der Waals surface area contributed by atoms with Crippen molar-refractivity contribution >= 4 is 23.3 Å². The Labute approximate surface area is 183 Å². The SMILES string of the molecule is CN1C(=O)C(NC(=O)NCCc2ccccc2)N=C(C2CCCCC2)c2ccccc21. The first-order valence-electron chi connectivity index (χ1n) is 11.2. The maximum atomic E-state index is 13.1. The Kier molecular flexibility index (Phi) is 6.65. The number of aliphatic imine (C=N–C) groups is 1. The number of carbonyl (C=O) groups is 2. The molecule has 3 amide bonds. The summed E-state index contributed by atoms with van der Waals surface area (Å²) < 4.78 is 0. The molecule has 1 atom stereocenters. The van der Waals surface area contributed by atoms with E-state index in [2.05, 4.69) is 10.6 Å². The van der Waals surface area contributed by atoms with Gasteiger partial charge in [0.15, 0.2) is 0 Å². The minimum absolute atomic E-state index is 0.225. The minimum atomic E-state index is -0.925. The molecule has 1 aliphatic carbocycles. The molecule has 0 saturated heterocycles. The summed E-state index contributed by atoms with van der Waals surface area (Å²) in [4.78, 5) is 32.1. The third-order valence-electron chi connectivity index (χ3n) is 6.18. The normalized spacial score (nSPS) is 19.3. The lowest BCUT2D eigenvalue weighted by Crippen LogP contribution is -2.49. The van der Waals surface area contributed by atoms with Gasteiger partial charge in [-0.05, 0) is 30.9 Å². The molecule has 2 aromatic rings. The van der Waals surface area contributed by atoms with Gasteiger partial charge in [0.25, 0.3) is 5.91 Å². The van der Waals surface area contributed by atoms with Crippen LogP contribution >= 0.6 is 0 Å². The molecule has 1 fully saturated rings. The minimum Gasteiger partial charge on any atom is -0.338 e. The number of hydrogen-bond donors (Lipinski definition) is 2. The lowest BCUT2D eigenvalue weighted by Gasteiger charge is -2.25. The van der Waals surface area contributed by atoms with E-state index in [0.717, 1.165) is 41.8 Å². The zero-order valence-corrected chi connectivity index (χ0v) is 18.0. The number of amides is 3. The molecule has 1 saturated carbocycles. The fraction of sp³-hybridized carbons (Fsp3) is 0.400. The highest BCUT2D eigenvalue weighted by Gasteiger charge is 2.33. The van der Waals surface area contributed by atoms with Gasteiger partial charge in [-0.2, -0.15) is 0 Å². The zero-order valence-electron chi connectivity index (χ0n) is 18.0. The van der Waals surface area contributed by atoms with Gasteiger partial charge >= 0.3 is 6.03 Å². The number of hydrogen-bond acceptors (Lipinski definition) is 3. The Balaban J connectivity index is 1.50. The number of nitrogens with one attached hydrogen (secondary N) is 2. The number of anilines is 1. The molecule has 2 aromatic carbocycles. The molecule has 0 aromatic heterocycles. The highest BCUT2D eigenvalue weighted by Crippen LogP contribution is 2.33. The molecule has 31 heavy (non-hydrogen) atoms. The summed E-state index contributed by atoms with van der Waals surface area (Å²) in [5, 5.41) is 5.66. The van der Waals surface area contributed by atoms with Crippen molar-refractivity contribution in [1.82, 2.24) is 10.6 Å². The summed E-state index contributed by atoms with van der Waals surface area (Å²) in [6, 6.07) is 17.5. The van der Waals surface area contributed by atoms with Crippen LogP contribution in [-0.2, 0) is 11.2 Å². The maximum Gasteiger partial charge on any atom is 0.316 e. The van der Waals surface area contributed by atoms with Crippen molar-refractivity contribution in [2.45, 2.75) is 44.7 Å². The zero-order chi connectivity index (χ0) is 21.6. The van der Waals surface area contributed by atoms with Crippen LogP contribution in [0, 0.1) is 5.92 Å². The smallest absolute Gasteiger partial charge is 0.316 e. The van der Waals surface area contributed by atoms with Crippen molar-refractivity contribution in [3.63, 3.8) is 0 Å². The van der Waals surface area contributed by atoms with Crippen LogP contribution in [0.15, 0.2) is 59.6 Å². The van der Waals surface area contributed by atoms with Crippen molar-refractivity contribution in [1.29, 1.82) is 0 Å². The fourth-order valence-electron chi connectivity index (χ4n) is 4.48. The molecule has 0 bridgehead atoms. The Bertz CT molecular complexity index is 951. The fourth-order valence-corrected chi connectivity index (χ4v) is 4.48. The second-order valence-electron chi connectivity index (χ2n) is 8.30. The van der Waals surface area contributed by atoms with Gasteiger partial charge in [-0.15, -0.1) is 0 Å². The van der Waals surface area contributed by atoms with Crippen LogP contribution in [0.5, 0.6) is 0 Å². The predicted molar refractivity (Wildman–Crippen MR) is 123 cm³/mol. The first-order valence-corrected chi connectivity index (χ1v) is 11.2. The van der Waals surface area contributed by atoms with Crippen molar-refractivity contribution in [3.05, 3.63) is 65.7 Å². The third-order valence-corrected chi connectivity index (χ3v) is 6.18. The molecular weight excluding hydrogens is 388 g/mol. The van der Waals surface area contributed by atoms with E-state index in [-0.39, 0.29) is 11.9 Å². The van der Waals surface area contributed by atoms with Crippen molar-refractivity contribution in [3.8, 4) is 0 Å². The van der Waals surface area contributed by atoms with Crippen molar-refractivity contribution < 1.29 is 9.59 Å². The highest BCUT2D eigenvalue weighted by molar-refractivity contribution is 6.13. The lowest BCUT2D eigenvalue weighted by atomic mass is 9.83. The summed E-state index contributed by atoms with van der Waals surface area (Å²) in [6.45, 7) is 0.492. The number of benzene rings is 2. The number of nitrogens with zero attached hydrogens (tertiary/aromatic N) is 2. The number of carbonyl (C=O) groups excluding carboxylic acids is 2. The Morgan fingerprint density at radius 2 is 1.74 bits per heavy atom. The number of fused-ring (bicyclic) bond motifs is 1. The molecule has 4 rings (SSSR count). The van der Waals surface area contributed by atoms with E-state index in [1.807, 2.05) is 54.6 Å². The molecule has 6 heteroatoms. The van der Waals surface area contributed by atoms with Gasteiger partial charge in [-0.25, -0.2) is 4.79 Å². The van der Waals surface area contributed by atoms with Crippen LogP contribution in [0.4, 0.5) is 10.5 Å². The average molecular weight is 419 g/mol. The third kappa shape index (κ3) is 4.95. The van der Waals surface area contributed by atoms with E-state index in [1.54, 1.807) is 11.9 Å². The Hall–Kier alpha value is -3.15. The van der Waals surface area contributed by atoms with E-state index >= 15 is 0 Å². The molecular formula is C25H30N4O2. The summed E-state index contributed by atoms with van der Waals surface area (Å²) in [7, 11) is 1.75. The molecule has 1 aliphatic heterocycles. The first-order chi connectivity index (χ1) is 15.1. The molecule has 162 valence electrons. The molecule has 2 N–H and O–H groups in total. The van der Waals surface area contributed by atoms with Crippen molar-refractivity contribution in [2.24, 2.45) is 10.9 Å². The van der Waals surface area contributed by atoms with Crippen LogP contribution in [0.3, 0.4) is 0 Å². The topological polar surface area (TPSA) is 73.8 Å². The van der Waals surface area contributed by atoms with Crippen LogP contribution in [0.2, 0.25) is 0 Å². The van der Waals surface area contributed by atoms with Crippen LogP contribution in [-0.4, -0.2) is 37.4 Å². The Morgan fingerprint density at radius 3 is 2.52 bits per heavy atom. The molecule has 1 heterocycles. The number of likely N-dealkylation sites (N-methyl/N-ethyl adjacent to an activating group) is 1. The van der Waals surface area contributed by atoms with Gasteiger partial charge in [0.1, 0.15) is 0 Å².